The summed E-state index contributed by atoms with van der Waals surface area (Å²) < 4.78 is 0. The van der Waals surface area contributed by atoms with Gasteiger partial charge in [0.25, 0.3) is 0 Å². The van der Waals surface area contributed by atoms with Gasteiger partial charge in [-0.25, -0.2) is 4.79 Å². The molecule has 1 heterocycles. The molecule has 0 radical (unpaired) electrons. The first-order valence-corrected chi connectivity index (χ1v) is 6.68. The zero-order valence-electron chi connectivity index (χ0n) is 11.4. The molecule has 2 amide bonds. The quantitative estimate of drug-likeness (QED) is 0.880. The summed E-state index contributed by atoms with van der Waals surface area (Å²) in [5, 5.41) is 20.3. The van der Waals surface area contributed by atoms with Crippen LogP contribution in [-0.4, -0.2) is 44.3 Å². The zero-order chi connectivity index (χ0) is 14.6. The predicted octanol–water partition coefficient (Wildman–Crippen LogP) is 1.82. The smallest absolute Gasteiger partial charge is 0.324 e. The molecule has 0 atom stereocenters. The minimum atomic E-state index is -1.06. The lowest BCUT2D eigenvalue weighted by molar-refractivity contribution is -0.138. The number of aryl methyl sites for hydroxylation is 1. The van der Waals surface area contributed by atoms with Crippen LogP contribution in [0.15, 0.2) is 0 Å². The van der Waals surface area contributed by atoms with Gasteiger partial charge in [-0.05, 0) is 27.2 Å². The van der Waals surface area contributed by atoms with E-state index in [9.17, 15) is 9.59 Å². The second kappa shape index (κ2) is 5.96. The van der Waals surface area contributed by atoms with Crippen molar-refractivity contribution in [2.45, 2.75) is 39.7 Å². The summed E-state index contributed by atoms with van der Waals surface area (Å²) in [4.78, 5) is 24.1. The molecule has 1 aromatic heterocycles. The summed E-state index contributed by atoms with van der Waals surface area (Å²) in [5.41, 5.74) is -0.596. The minimum absolute atomic E-state index is 0.366. The first-order chi connectivity index (χ1) is 8.74. The van der Waals surface area contributed by atoms with Gasteiger partial charge >= 0.3 is 12.0 Å². The fourth-order valence-corrected chi connectivity index (χ4v) is 2.02. The molecule has 0 saturated heterocycles. The largest absolute Gasteiger partial charge is 0.480 e. The minimum Gasteiger partial charge on any atom is -0.480 e. The molecule has 1 rings (SSSR count). The third-order valence-electron chi connectivity index (χ3n) is 2.33. The van der Waals surface area contributed by atoms with Gasteiger partial charge in [0.15, 0.2) is 0 Å². The number of nitrogens with zero attached hydrogens (tertiary/aromatic N) is 3. The van der Waals surface area contributed by atoms with E-state index in [-0.39, 0.29) is 6.54 Å². The van der Waals surface area contributed by atoms with Gasteiger partial charge in [0.1, 0.15) is 11.6 Å². The maximum absolute atomic E-state index is 12.1. The molecule has 0 aromatic carbocycles. The van der Waals surface area contributed by atoms with Crippen LogP contribution in [0.2, 0.25) is 0 Å². The van der Waals surface area contributed by atoms with Crippen molar-refractivity contribution in [2.24, 2.45) is 0 Å². The van der Waals surface area contributed by atoms with Crippen molar-refractivity contribution in [1.29, 1.82) is 0 Å². The van der Waals surface area contributed by atoms with E-state index in [1.807, 2.05) is 6.92 Å². The van der Waals surface area contributed by atoms with Gasteiger partial charge in [0.2, 0.25) is 5.13 Å². The van der Waals surface area contributed by atoms with Crippen LogP contribution in [0.25, 0.3) is 0 Å². The number of carbonyl (C=O) groups is 2. The molecule has 0 aliphatic rings. The first-order valence-electron chi connectivity index (χ1n) is 5.86. The lowest BCUT2D eigenvalue weighted by Crippen LogP contribution is -2.50. The van der Waals surface area contributed by atoms with Crippen molar-refractivity contribution < 1.29 is 14.7 Å². The molecule has 0 spiro atoms. The van der Waals surface area contributed by atoms with Crippen molar-refractivity contribution in [1.82, 2.24) is 15.1 Å². The molecule has 19 heavy (non-hydrogen) atoms. The highest BCUT2D eigenvalue weighted by molar-refractivity contribution is 7.15. The van der Waals surface area contributed by atoms with Crippen LogP contribution < -0.4 is 5.32 Å². The van der Waals surface area contributed by atoms with Crippen LogP contribution in [-0.2, 0) is 11.2 Å². The molecule has 0 fully saturated rings. The van der Waals surface area contributed by atoms with Crippen LogP contribution in [0.5, 0.6) is 0 Å². The van der Waals surface area contributed by atoms with Gasteiger partial charge in [-0.1, -0.05) is 18.3 Å². The third kappa shape index (κ3) is 4.47. The number of aromatic nitrogens is 2. The first kappa shape index (κ1) is 15.4. The Balaban J connectivity index is 2.79. The number of amides is 2. The SMILES string of the molecule is CCc1nnc(NC(=O)N(CC(=O)O)C(C)(C)C)s1. The number of urea groups is 1. The van der Waals surface area contributed by atoms with Crippen LogP contribution in [0.4, 0.5) is 9.93 Å². The number of aliphatic carboxylic acids is 1. The fraction of sp³-hybridized carbons (Fsp3) is 0.636. The topological polar surface area (TPSA) is 95.4 Å². The van der Waals surface area contributed by atoms with E-state index in [4.69, 9.17) is 5.11 Å². The Morgan fingerprint density at radius 3 is 2.42 bits per heavy atom. The van der Waals surface area contributed by atoms with Gasteiger partial charge in [0.05, 0.1) is 0 Å². The number of carboxylic acids is 1. The molecule has 0 aliphatic carbocycles. The summed E-state index contributed by atoms with van der Waals surface area (Å²) in [5.74, 6) is -1.06. The van der Waals surface area contributed by atoms with Crippen molar-refractivity contribution in [3.8, 4) is 0 Å². The standard InChI is InChI=1S/C11H18N4O3S/c1-5-7-13-14-9(19-7)12-10(18)15(6-8(16)17)11(2,3)4/h5-6H2,1-4H3,(H,16,17)(H,12,14,18). The number of carbonyl (C=O) groups excluding carboxylic acids is 1. The van der Waals surface area contributed by atoms with E-state index in [1.54, 1.807) is 20.8 Å². The second-order valence-electron chi connectivity index (χ2n) is 4.94. The van der Waals surface area contributed by atoms with Crippen molar-refractivity contribution in [3.05, 3.63) is 5.01 Å². The highest BCUT2D eigenvalue weighted by Crippen LogP contribution is 2.19. The molecule has 7 nitrogen and oxygen atoms in total. The van der Waals surface area contributed by atoms with E-state index in [2.05, 4.69) is 15.5 Å². The van der Waals surface area contributed by atoms with Gasteiger partial charge in [-0.3, -0.25) is 10.1 Å². The molecule has 1 aromatic rings. The highest BCUT2D eigenvalue weighted by atomic mass is 32.1. The molecule has 106 valence electrons. The average molecular weight is 286 g/mol. The number of carboxylic acid groups (broad SMARTS) is 1. The maximum atomic E-state index is 12.1. The molecular weight excluding hydrogens is 268 g/mol. The van der Waals surface area contributed by atoms with Crippen LogP contribution >= 0.6 is 11.3 Å². The van der Waals surface area contributed by atoms with Crippen molar-refractivity contribution in [3.63, 3.8) is 0 Å². The Kier molecular flexibility index (Phi) is 4.82. The lowest BCUT2D eigenvalue weighted by atomic mass is 10.1. The van der Waals surface area contributed by atoms with Crippen molar-refractivity contribution in [2.75, 3.05) is 11.9 Å². The molecule has 8 heteroatoms. The molecule has 2 N–H and O–H groups in total. The van der Waals surface area contributed by atoms with Gasteiger partial charge < -0.3 is 10.0 Å². The van der Waals surface area contributed by atoms with Crippen LogP contribution in [0.1, 0.15) is 32.7 Å². The van der Waals surface area contributed by atoms with Gasteiger partial charge in [0, 0.05) is 5.54 Å². The second-order valence-corrected chi connectivity index (χ2v) is 6.00. The highest BCUT2D eigenvalue weighted by Gasteiger charge is 2.29. The summed E-state index contributed by atoms with van der Waals surface area (Å²) in [6.45, 7) is 6.89. The molecule has 0 bridgehead atoms. The Labute approximate surface area is 115 Å². The summed E-state index contributed by atoms with van der Waals surface area (Å²) in [6, 6.07) is -0.492. The van der Waals surface area contributed by atoms with Gasteiger partial charge in [-0.2, -0.15) is 0 Å². The molecule has 0 unspecified atom stereocenters. The number of nitrogens with one attached hydrogen (secondary N) is 1. The van der Waals surface area contributed by atoms with Gasteiger partial charge in [-0.15, -0.1) is 10.2 Å². The van der Waals surface area contributed by atoms with Crippen molar-refractivity contribution >= 4 is 28.5 Å². The molecule has 0 saturated carbocycles. The maximum Gasteiger partial charge on any atom is 0.324 e. The number of hydrogen-bond donors (Lipinski definition) is 2. The lowest BCUT2D eigenvalue weighted by Gasteiger charge is -2.33. The third-order valence-corrected chi connectivity index (χ3v) is 3.31. The normalized spacial score (nSPS) is 11.2. The molecule has 0 aliphatic heterocycles. The Bertz CT molecular complexity index is 467. The van der Waals surface area contributed by atoms with E-state index >= 15 is 0 Å². The predicted molar refractivity (Wildman–Crippen MR) is 72.4 cm³/mol. The number of hydrogen-bond acceptors (Lipinski definition) is 5. The van der Waals surface area contributed by atoms with Crippen LogP contribution in [0, 0.1) is 0 Å². The summed E-state index contributed by atoms with van der Waals surface area (Å²) in [7, 11) is 0. The van der Waals surface area contributed by atoms with E-state index in [0.29, 0.717) is 5.13 Å². The monoisotopic (exact) mass is 286 g/mol. The summed E-state index contributed by atoms with van der Waals surface area (Å²) in [6.07, 6.45) is 0.742. The van der Waals surface area contributed by atoms with Crippen LogP contribution in [0.3, 0.4) is 0 Å². The van der Waals surface area contributed by atoms with E-state index in [0.717, 1.165) is 11.4 Å². The van der Waals surface area contributed by atoms with E-state index < -0.39 is 17.5 Å². The Morgan fingerprint density at radius 1 is 1.37 bits per heavy atom. The number of anilines is 1. The Morgan fingerprint density at radius 2 is 2.00 bits per heavy atom. The number of rotatable bonds is 4. The Hall–Kier alpha value is -1.70. The molecular formula is C11H18N4O3S. The summed E-state index contributed by atoms with van der Waals surface area (Å²) >= 11 is 1.28. The van der Waals surface area contributed by atoms with E-state index in [1.165, 1.54) is 16.2 Å². The fourth-order valence-electron chi connectivity index (χ4n) is 1.35. The zero-order valence-corrected chi connectivity index (χ0v) is 12.2. The average Bonchev–Trinajstić information content (AvgIpc) is 2.71.